The minimum absolute atomic E-state index is 0.193. The number of rotatable bonds is 9. The molecule has 0 spiro atoms. The summed E-state index contributed by atoms with van der Waals surface area (Å²) in [6, 6.07) is 17.1. The number of carbonyl (C=O) groups is 3. The summed E-state index contributed by atoms with van der Waals surface area (Å²) in [5, 5.41) is 7.58. The van der Waals surface area contributed by atoms with Gasteiger partial charge in [0.15, 0.2) is 12.1 Å². The zero-order chi connectivity index (χ0) is 24.8. The molecule has 35 heavy (non-hydrogen) atoms. The quantitative estimate of drug-likeness (QED) is 0.454. The summed E-state index contributed by atoms with van der Waals surface area (Å²) in [6.07, 6.45) is -0.580. The maximum Gasteiger partial charge on any atom is 0.411 e. The Kier molecular flexibility index (Phi) is 7.67. The second-order valence-corrected chi connectivity index (χ2v) is 9.02. The fourth-order valence-electron chi connectivity index (χ4n) is 3.89. The highest BCUT2D eigenvalue weighted by atomic mass is 32.1. The number of nitrogens with one attached hydrogen (secondary N) is 2. The number of nitrogens with zero attached hydrogens (tertiary/aromatic N) is 1. The van der Waals surface area contributed by atoms with E-state index in [0.29, 0.717) is 28.4 Å². The lowest BCUT2D eigenvalue weighted by molar-refractivity contribution is -0.126. The summed E-state index contributed by atoms with van der Waals surface area (Å²) in [5.41, 5.74) is 2.09. The molecule has 1 aliphatic rings. The molecule has 4 rings (SSSR count). The predicted molar refractivity (Wildman–Crippen MR) is 134 cm³/mol. The van der Waals surface area contributed by atoms with E-state index < -0.39 is 18.2 Å². The molecular formula is C26H27N3O5S. The Labute approximate surface area is 207 Å². The van der Waals surface area contributed by atoms with Gasteiger partial charge in [-0.1, -0.05) is 37.3 Å². The summed E-state index contributed by atoms with van der Waals surface area (Å²) in [5.74, 6) is 0.195. The third-order valence-corrected chi connectivity index (χ3v) is 6.50. The van der Waals surface area contributed by atoms with Crippen molar-refractivity contribution in [2.45, 2.75) is 32.0 Å². The van der Waals surface area contributed by atoms with Crippen molar-refractivity contribution in [3.63, 3.8) is 0 Å². The van der Waals surface area contributed by atoms with E-state index in [9.17, 15) is 14.4 Å². The van der Waals surface area contributed by atoms with Crippen LogP contribution in [0.5, 0.6) is 5.75 Å². The van der Waals surface area contributed by atoms with E-state index in [1.54, 1.807) is 37.4 Å². The van der Waals surface area contributed by atoms with Crippen molar-refractivity contribution in [1.29, 1.82) is 0 Å². The van der Waals surface area contributed by atoms with Crippen LogP contribution in [0.15, 0.2) is 66.0 Å². The van der Waals surface area contributed by atoms with Crippen LogP contribution < -0.4 is 15.4 Å². The zero-order valence-electron chi connectivity index (χ0n) is 19.5. The fourth-order valence-corrected chi connectivity index (χ4v) is 4.51. The van der Waals surface area contributed by atoms with Crippen molar-refractivity contribution < 1.29 is 23.9 Å². The number of hydrogen-bond donors (Lipinski definition) is 2. The van der Waals surface area contributed by atoms with Gasteiger partial charge in [-0.15, -0.1) is 11.3 Å². The van der Waals surface area contributed by atoms with Gasteiger partial charge in [0.05, 0.1) is 18.5 Å². The minimum Gasteiger partial charge on any atom is -0.497 e. The van der Waals surface area contributed by atoms with Gasteiger partial charge in [-0.3, -0.25) is 14.5 Å². The van der Waals surface area contributed by atoms with Gasteiger partial charge in [0.2, 0.25) is 5.91 Å². The van der Waals surface area contributed by atoms with Crippen LogP contribution in [-0.2, 0) is 16.1 Å². The van der Waals surface area contributed by atoms with Crippen LogP contribution >= 0.6 is 11.3 Å². The van der Waals surface area contributed by atoms with Crippen LogP contribution in [0.1, 0.15) is 40.2 Å². The van der Waals surface area contributed by atoms with E-state index in [2.05, 4.69) is 10.6 Å². The number of ether oxygens (including phenoxy) is 2. The van der Waals surface area contributed by atoms with Crippen LogP contribution in [0.4, 0.5) is 10.5 Å². The number of anilines is 1. The van der Waals surface area contributed by atoms with Crippen molar-refractivity contribution in [2.75, 3.05) is 19.0 Å². The molecule has 2 N–H and O–H groups in total. The molecule has 3 aromatic rings. The Morgan fingerprint density at radius 3 is 2.60 bits per heavy atom. The summed E-state index contributed by atoms with van der Waals surface area (Å²) >= 11 is 1.36. The first kappa shape index (κ1) is 24.3. The van der Waals surface area contributed by atoms with E-state index in [-0.39, 0.29) is 18.4 Å². The van der Waals surface area contributed by atoms with Crippen molar-refractivity contribution in [1.82, 2.24) is 10.2 Å². The third-order valence-electron chi connectivity index (χ3n) is 5.63. The van der Waals surface area contributed by atoms with Crippen molar-refractivity contribution >= 4 is 34.9 Å². The molecule has 2 atom stereocenters. The zero-order valence-corrected chi connectivity index (χ0v) is 20.3. The van der Waals surface area contributed by atoms with Crippen LogP contribution in [0.2, 0.25) is 0 Å². The van der Waals surface area contributed by atoms with Gasteiger partial charge in [-0.05, 0) is 53.3 Å². The summed E-state index contributed by atoms with van der Waals surface area (Å²) < 4.78 is 11.0. The molecule has 1 aliphatic heterocycles. The average molecular weight is 494 g/mol. The smallest absolute Gasteiger partial charge is 0.411 e. The summed E-state index contributed by atoms with van der Waals surface area (Å²) in [6.45, 7) is 2.66. The van der Waals surface area contributed by atoms with Gasteiger partial charge in [-0.25, -0.2) is 4.79 Å². The number of methoxy groups -OCH3 is 1. The molecule has 1 aromatic heterocycles. The van der Waals surface area contributed by atoms with Gasteiger partial charge in [0, 0.05) is 12.2 Å². The second-order valence-electron chi connectivity index (χ2n) is 8.07. The molecule has 2 aromatic carbocycles. The Morgan fingerprint density at radius 2 is 1.91 bits per heavy atom. The number of carbonyl (C=O) groups excluding carboxylic acids is 3. The number of thiophene rings is 1. The van der Waals surface area contributed by atoms with E-state index in [0.717, 1.165) is 12.0 Å². The number of benzene rings is 2. The molecule has 0 bridgehead atoms. The second kappa shape index (κ2) is 11.1. The standard InChI is InChI=1S/C26H27N3O5S/c1-3-13-27-25(31)22-23(34-26(32)29(22)16-17-6-4-7-20(15-17)33-2)18-9-11-19(12-10-18)28-24(30)21-8-5-14-35-21/h4-12,14-15,22-23H,3,13,16H2,1-2H3,(H,27,31)(H,28,30). The lowest BCUT2D eigenvalue weighted by Crippen LogP contribution is -2.46. The van der Waals surface area contributed by atoms with Gasteiger partial charge in [-0.2, -0.15) is 0 Å². The molecule has 182 valence electrons. The first-order chi connectivity index (χ1) is 17.0. The van der Waals surface area contributed by atoms with E-state index >= 15 is 0 Å². The molecule has 2 unspecified atom stereocenters. The highest BCUT2D eigenvalue weighted by molar-refractivity contribution is 7.12. The van der Waals surface area contributed by atoms with Gasteiger partial charge in [0.1, 0.15) is 5.75 Å². The Bertz CT molecular complexity index is 1180. The monoisotopic (exact) mass is 493 g/mol. The number of cyclic esters (lactones) is 1. The molecule has 1 saturated heterocycles. The topological polar surface area (TPSA) is 97.0 Å². The fraction of sp³-hybridized carbons (Fsp3) is 0.269. The maximum atomic E-state index is 13.1. The average Bonchev–Trinajstić information content (AvgIpc) is 3.52. The largest absolute Gasteiger partial charge is 0.497 e. The molecule has 1 fully saturated rings. The lowest BCUT2D eigenvalue weighted by atomic mass is 10.00. The molecule has 0 aliphatic carbocycles. The van der Waals surface area contributed by atoms with Crippen LogP contribution in [0.25, 0.3) is 0 Å². The summed E-state index contributed by atoms with van der Waals surface area (Å²) in [7, 11) is 1.58. The van der Waals surface area contributed by atoms with Crippen LogP contribution in [0, 0.1) is 0 Å². The Morgan fingerprint density at radius 1 is 1.11 bits per heavy atom. The highest BCUT2D eigenvalue weighted by Crippen LogP contribution is 2.35. The highest BCUT2D eigenvalue weighted by Gasteiger charge is 2.46. The van der Waals surface area contributed by atoms with Gasteiger partial charge >= 0.3 is 6.09 Å². The molecule has 9 heteroatoms. The first-order valence-electron chi connectivity index (χ1n) is 11.3. The third kappa shape index (κ3) is 5.63. The predicted octanol–water partition coefficient (Wildman–Crippen LogP) is 4.60. The van der Waals surface area contributed by atoms with Gasteiger partial charge < -0.3 is 20.1 Å². The SMILES string of the molecule is CCCNC(=O)C1C(c2ccc(NC(=O)c3cccs3)cc2)OC(=O)N1Cc1cccc(OC)c1. The molecule has 2 heterocycles. The normalized spacial score (nSPS) is 17.1. The van der Waals surface area contributed by atoms with E-state index in [1.165, 1.54) is 16.2 Å². The summed E-state index contributed by atoms with van der Waals surface area (Å²) in [4.78, 5) is 40.4. The maximum absolute atomic E-state index is 13.1. The van der Waals surface area contributed by atoms with Gasteiger partial charge in [0.25, 0.3) is 5.91 Å². The molecule has 8 nitrogen and oxygen atoms in total. The van der Waals surface area contributed by atoms with Crippen molar-refractivity contribution in [3.05, 3.63) is 82.0 Å². The molecule has 0 saturated carbocycles. The van der Waals surface area contributed by atoms with Crippen LogP contribution in [0.3, 0.4) is 0 Å². The van der Waals surface area contributed by atoms with E-state index in [1.807, 2.05) is 42.6 Å². The minimum atomic E-state index is -0.841. The van der Waals surface area contributed by atoms with Crippen LogP contribution in [-0.4, -0.2) is 42.5 Å². The van der Waals surface area contributed by atoms with Crippen molar-refractivity contribution in [2.24, 2.45) is 0 Å². The molecule has 3 amide bonds. The Hall–Kier alpha value is -3.85. The molecular weight excluding hydrogens is 466 g/mol. The van der Waals surface area contributed by atoms with Crippen molar-refractivity contribution in [3.8, 4) is 5.75 Å². The number of hydrogen-bond acceptors (Lipinski definition) is 6. The van der Waals surface area contributed by atoms with E-state index in [4.69, 9.17) is 9.47 Å². The lowest BCUT2D eigenvalue weighted by Gasteiger charge is -2.24. The molecule has 0 radical (unpaired) electrons. The Balaban J connectivity index is 1.55. The number of amides is 3. The first-order valence-corrected chi connectivity index (χ1v) is 12.2.